The van der Waals surface area contributed by atoms with E-state index in [1.165, 1.54) is 6.26 Å². The molecule has 8 nitrogen and oxygen atoms in total. The van der Waals surface area contributed by atoms with Crippen molar-refractivity contribution in [1.82, 2.24) is 25.1 Å². The fraction of sp³-hybridized carbons (Fsp3) is 0.273. The second-order valence-corrected chi connectivity index (χ2v) is 3.87. The summed E-state index contributed by atoms with van der Waals surface area (Å²) in [6.07, 6.45) is 3.13. The summed E-state index contributed by atoms with van der Waals surface area (Å²) in [5, 5.41) is 10.1. The highest BCUT2D eigenvalue weighted by Gasteiger charge is 2.09. The van der Waals surface area contributed by atoms with Gasteiger partial charge < -0.3 is 20.1 Å². The first-order chi connectivity index (χ1) is 9.36. The summed E-state index contributed by atoms with van der Waals surface area (Å²) in [6.45, 7) is 3.26. The summed E-state index contributed by atoms with van der Waals surface area (Å²) in [6, 6.07) is 1.80. The van der Waals surface area contributed by atoms with Gasteiger partial charge in [-0.2, -0.15) is 9.97 Å². The Morgan fingerprint density at radius 1 is 1.32 bits per heavy atom. The highest BCUT2D eigenvalue weighted by Crippen LogP contribution is 2.19. The molecular weight excluding hydrogens is 246 g/mol. The lowest BCUT2D eigenvalue weighted by atomic mass is 10.4. The molecule has 3 heterocycles. The number of aromatic nitrogens is 5. The predicted octanol–water partition coefficient (Wildman–Crippen LogP) is 1.38. The fourth-order valence-corrected chi connectivity index (χ4v) is 1.70. The molecule has 0 saturated carbocycles. The molecule has 3 aromatic rings. The predicted molar refractivity (Wildman–Crippen MR) is 69.7 cm³/mol. The zero-order valence-electron chi connectivity index (χ0n) is 10.3. The average molecular weight is 259 g/mol. The minimum absolute atomic E-state index is 0.521. The molecule has 8 heteroatoms. The Balaban J connectivity index is 1.89. The van der Waals surface area contributed by atoms with E-state index in [1.54, 1.807) is 12.4 Å². The Bertz CT molecular complexity index is 661. The van der Waals surface area contributed by atoms with Crippen LogP contribution in [0.5, 0.6) is 0 Å². The van der Waals surface area contributed by atoms with Gasteiger partial charge in [-0.15, -0.1) is 0 Å². The highest BCUT2D eigenvalue weighted by atomic mass is 16.5. The monoisotopic (exact) mass is 259 g/mol. The van der Waals surface area contributed by atoms with Crippen LogP contribution < -0.4 is 10.6 Å². The Morgan fingerprint density at radius 3 is 3.05 bits per heavy atom. The molecule has 0 aliphatic carbocycles. The van der Waals surface area contributed by atoms with E-state index in [9.17, 15) is 0 Å². The molecule has 0 aliphatic rings. The van der Waals surface area contributed by atoms with E-state index in [4.69, 9.17) is 4.52 Å². The van der Waals surface area contributed by atoms with Crippen LogP contribution >= 0.6 is 0 Å². The van der Waals surface area contributed by atoms with Crippen LogP contribution in [0.25, 0.3) is 11.2 Å². The Labute approximate surface area is 108 Å². The molecular formula is C11H13N7O. The third-order valence-electron chi connectivity index (χ3n) is 2.55. The van der Waals surface area contributed by atoms with Crippen LogP contribution in [0.15, 0.2) is 23.2 Å². The average Bonchev–Trinajstić information content (AvgIpc) is 3.07. The number of nitrogens with zero attached hydrogens (tertiary/aromatic N) is 4. The van der Waals surface area contributed by atoms with Gasteiger partial charge >= 0.3 is 0 Å². The van der Waals surface area contributed by atoms with E-state index in [-0.39, 0.29) is 0 Å². The highest BCUT2D eigenvalue weighted by molar-refractivity contribution is 5.83. The second-order valence-electron chi connectivity index (χ2n) is 3.87. The molecule has 0 spiro atoms. The molecule has 0 saturated heterocycles. The minimum Gasteiger partial charge on any atom is -0.364 e. The van der Waals surface area contributed by atoms with Crippen molar-refractivity contribution < 1.29 is 4.52 Å². The molecule has 19 heavy (non-hydrogen) atoms. The van der Waals surface area contributed by atoms with Gasteiger partial charge in [0.2, 0.25) is 5.95 Å². The smallest absolute Gasteiger partial charge is 0.226 e. The van der Waals surface area contributed by atoms with E-state index >= 15 is 0 Å². The number of nitrogens with one attached hydrogen (secondary N) is 3. The molecule has 3 rings (SSSR count). The van der Waals surface area contributed by atoms with Crippen molar-refractivity contribution in [1.29, 1.82) is 0 Å². The molecule has 0 aromatic carbocycles. The van der Waals surface area contributed by atoms with Crippen LogP contribution in [-0.2, 0) is 6.54 Å². The zero-order chi connectivity index (χ0) is 13.1. The number of H-pyrrole nitrogens is 1. The van der Waals surface area contributed by atoms with Crippen LogP contribution in [0.1, 0.15) is 12.6 Å². The van der Waals surface area contributed by atoms with Gasteiger partial charge in [0.15, 0.2) is 11.5 Å². The summed E-state index contributed by atoms with van der Waals surface area (Å²) < 4.78 is 4.78. The number of fused-ring (bicyclic) bond motifs is 1. The van der Waals surface area contributed by atoms with Crippen LogP contribution in [0.3, 0.4) is 0 Å². The molecule has 0 fully saturated rings. The first-order valence-corrected chi connectivity index (χ1v) is 5.95. The third-order valence-corrected chi connectivity index (χ3v) is 2.55. The van der Waals surface area contributed by atoms with Crippen molar-refractivity contribution in [3.8, 4) is 0 Å². The number of aromatic amines is 1. The van der Waals surface area contributed by atoms with Crippen molar-refractivity contribution >= 4 is 22.9 Å². The maximum atomic E-state index is 4.78. The van der Waals surface area contributed by atoms with E-state index in [2.05, 4.69) is 35.7 Å². The molecule has 0 bridgehead atoms. The lowest BCUT2D eigenvalue weighted by Gasteiger charge is -2.07. The topological polar surface area (TPSA) is 105 Å². The van der Waals surface area contributed by atoms with Crippen LogP contribution in [-0.4, -0.2) is 31.6 Å². The Morgan fingerprint density at radius 2 is 2.26 bits per heavy atom. The number of anilines is 2. The van der Waals surface area contributed by atoms with Crippen molar-refractivity contribution in [2.45, 2.75) is 13.5 Å². The van der Waals surface area contributed by atoms with Gasteiger partial charge in [-0.25, -0.2) is 4.98 Å². The number of hydrogen-bond acceptors (Lipinski definition) is 7. The molecule has 3 N–H and O–H groups in total. The molecule has 0 atom stereocenters. The summed E-state index contributed by atoms with van der Waals surface area (Å²) in [5.74, 6) is 1.23. The van der Waals surface area contributed by atoms with E-state index in [0.717, 1.165) is 17.8 Å². The lowest BCUT2D eigenvalue weighted by Crippen LogP contribution is -2.07. The van der Waals surface area contributed by atoms with Crippen LogP contribution in [0.2, 0.25) is 0 Å². The van der Waals surface area contributed by atoms with E-state index < -0.39 is 0 Å². The van der Waals surface area contributed by atoms with Gasteiger partial charge in [0.05, 0.1) is 12.9 Å². The molecule has 0 unspecified atom stereocenters. The van der Waals surface area contributed by atoms with Gasteiger partial charge in [0.1, 0.15) is 17.5 Å². The van der Waals surface area contributed by atoms with Crippen molar-refractivity contribution in [2.24, 2.45) is 0 Å². The lowest BCUT2D eigenvalue weighted by molar-refractivity contribution is 0.412. The first-order valence-electron chi connectivity index (χ1n) is 5.95. The van der Waals surface area contributed by atoms with E-state index in [0.29, 0.717) is 24.0 Å². The summed E-state index contributed by atoms with van der Waals surface area (Å²) >= 11 is 0. The molecule has 0 aliphatic heterocycles. The normalized spacial score (nSPS) is 10.8. The third kappa shape index (κ3) is 2.32. The van der Waals surface area contributed by atoms with Gasteiger partial charge in [0.25, 0.3) is 0 Å². The molecule has 0 radical (unpaired) electrons. The van der Waals surface area contributed by atoms with Gasteiger partial charge in [-0.05, 0) is 6.92 Å². The summed E-state index contributed by atoms with van der Waals surface area (Å²) in [5.41, 5.74) is 2.19. The number of rotatable bonds is 5. The summed E-state index contributed by atoms with van der Waals surface area (Å²) in [4.78, 5) is 15.9. The quantitative estimate of drug-likeness (QED) is 0.635. The van der Waals surface area contributed by atoms with Crippen molar-refractivity contribution in [3.63, 3.8) is 0 Å². The molecule has 98 valence electrons. The minimum atomic E-state index is 0.521. The van der Waals surface area contributed by atoms with Crippen molar-refractivity contribution in [3.05, 3.63) is 24.4 Å². The number of imidazole rings is 1. The van der Waals surface area contributed by atoms with Crippen LogP contribution in [0.4, 0.5) is 11.8 Å². The first kappa shape index (κ1) is 11.5. The van der Waals surface area contributed by atoms with Gasteiger partial charge in [-0.3, -0.25) is 0 Å². The zero-order valence-corrected chi connectivity index (χ0v) is 10.3. The Kier molecular flexibility index (Phi) is 2.97. The van der Waals surface area contributed by atoms with Gasteiger partial charge in [-0.1, -0.05) is 5.16 Å². The second kappa shape index (κ2) is 4.92. The maximum absolute atomic E-state index is 4.78. The van der Waals surface area contributed by atoms with E-state index in [1.807, 2.05) is 6.92 Å². The summed E-state index contributed by atoms with van der Waals surface area (Å²) in [7, 11) is 0. The molecule has 0 amide bonds. The molecule has 3 aromatic heterocycles. The maximum Gasteiger partial charge on any atom is 0.226 e. The van der Waals surface area contributed by atoms with Crippen LogP contribution in [0, 0.1) is 0 Å². The van der Waals surface area contributed by atoms with Gasteiger partial charge in [0, 0.05) is 12.6 Å². The SMILES string of the molecule is CCNc1nc(NCc2ccon2)c2[nH]cnc2n1. The Hall–Kier alpha value is -2.64. The fourth-order valence-electron chi connectivity index (χ4n) is 1.70. The number of hydrogen-bond donors (Lipinski definition) is 3. The largest absolute Gasteiger partial charge is 0.364 e. The standard InChI is InChI=1S/C11H13N7O/c1-2-12-11-16-9(8-10(17-11)15-6-14-8)13-5-7-3-4-19-18-7/h3-4,6H,2,5H2,1H3,(H3,12,13,14,15,16,17). The van der Waals surface area contributed by atoms with Crippen molar-refractivity contribution in [2.75, 3.05) is 17.2 Å².